The molecule has 0 aliphatic heterocycles. The number of carbonyl (C=O) groups excluding carboxylic acids is 2. The maximum absolute atomic E-state index is 11.2. The Bertz CT molecular complexity index is 386. The minimum atomic E-state index is -0.615. The molecule has 0 saturated carbocycles. The molecule has 0 aromatic rings. The summed E-state index contributed by atoms with van der Waals surface area (Å²) < 4.78 is 4.41. The van der Waals surface area contributed by atoms with Gasteiger partial charge in [0.2, 0.25) is 11.8 Å². The van der Waals surface area contributed by atoms with Crippen LogP contribution in [-0.2, 0) is 19.1 Å². The van der Waals surface area contributed by atoms with Gasteiger partial charge in [-0.3, -0.25) is 14.4 Å². The molecule has 5 N–H and O–H groups in total. The Hall–Kier alpha value is -1.63. The molecule has 0 bridgehead atoms. The van der Waals surface area contributed by atoms with Gasteiger partial charge in [-0.25, -0.2) is 0 Å². The predicted octanol–water partition coefficient (Wildman–Crippen LogP) is 4.16. The van der Waals surface area contributed by atoms with Crippen LogP contribution in [0.1, 0.15) is 104 Å². The quantitative estimate of drug-likeness (QED) is 0.272. The van der Waals surface area contributed by atoms with Gasteiger partial charge in [0.25, 0.3) is 0 Å². The molecule has 0 aromatic carbocycles. The van der Waals surface area contributed by atoms with Gasteiger partial charge in [-0.05, 0) is 12.8 Å². The Morgan fingerprint density at radius 2 is 1.03 bits per heavy atom. The number of carboxylic acid groups (broad SMARTS) is 1. The van der Waals surface area contributed by atoms with Gasteiger partial charge in [0.15, 0.2) is 0 Å². The molecule has 29 heavy (non-hydrogen) atoms. The summed E-state index contributed by atoms with van der Waals surface area (Å²) in [6, 6.07) is 0. The number of amides is 2. The van der Waals surface area contributed by atoms with Crippen LogP contribution in [0.25, 0.3) is 0 Å². The van der Waals surface area contributed by atoms with Crippen LogP contribution in [-0.4, -0.2) is 36.1 Å². The van der Waals surface area contributed by atoms with E-state index < -0.39 is 17.8 Å². The Morgan fingerprint density at radius 1 is 0.690 bits per heavy atom. The van der Waals surface area contributed by atoms with E-state index in [0.717, 1.165) is 25.7 Å². The van der Waals surface area contributed by atoms with Gasteiger partial charge < -0.3 is 21.3 Å². The second-order valence-electron chi connectivity index (χ2n) is 7.57. The zero-order chi connectivity index (χ0) is 22.3. The van der Waals surface area contributed by atoms with Crippen LogP contribution in [0.15, 0.2) is 0 Å². The third-order valence-corrected chi connectivity index (χ3v) is 4.65. The number of rotatable bonds is 19. The van der Waals surface area contributed by atoms with E-state index in [-0.39, 0.29) is 19.1 Å². The van der Waals surface area contributed by atoms with Crippen molar-refractivity contribution in [3.05, 3.63) is 0 Å². The van der Waals surface area contributed by atoms with Gasteiger partial charge in [-0.1, -0.05) is 90.9 Å². The molecule has 0 aliphatic carbocycles. The average molecular weight is 417 g/mol. The highest BCUT2D eigenvalue weighted by Crippen LogP contribution is 2.19. The number of carbonyl (C=O) groups is 3. The van der Waals surface area contributed by atoms with Crippen molar-refractivity contribution in [3.8, 4) is 0 Å². The molecule has 172 valence electrons. The highest BCUT2D eigenvalue weighted by atomic mass is 16.5. The zero-order valence-electron chi connectivity index (χ0n) is 18.6. The maximum Gasteiger partial charge on any atom is 0.306 e. The van der Waals surface area contributed by atoms with Crippen LogP contribution in [0, 0.1) is 5.92 Å². The number of nitrogens with two attached hydrogens (primary N) is 2. The molecule has 0 heterocycles. The first kappa shape index (κ1) is 29.6. The van der Waals surface area contributed by atoms with Crippen LogP contribution in [0.2, 0.25) is 0 Å². The lowest BCUT2D eigenvalue weighted by Crippen LogP contribution is -2.24. The summed E-state index contributed by atoms with van der Waals surface area (Å²) in [7, 11) is 0. The smallest absolute Gasteiger partial charge is 0.306 e. The molecule has 7 nitrogen and oxygen atoms in total. The first-order valence-electron chi connectivity index (χ1n) is 11.2. The summed E-state index contributed by atoms with van der Waals surface area (Å²) in [4.78, 5) is 31.1. The summed E-state index contributed by atoms with van der Waals surface area (Å²) in [5.74, 6) is -1.90. The summed E-state index contributed by atoms with van der Waals surface area (Å²) >= 11 is 0. The third-order valence-electron chi connectivity index (χ3n) is 4.65. The van der Waals surface area contributed by atoms with Crippen LogP contribution in [0.5, 0.6) is 0 Å². The molecule has 0 aromatic heterocycles. The fourth-order valence-electron chi connectivity index (χ4n) is 2.99. The molecular weight excluding hydrogens is 372 g/mol. The minimum absolute atomic E-state index is 0.0904. The molecule has 0 rings (SSSR count). The molecular formula is C22H44N2O5. The maximum atomic E-state index is 11.2. The molecule has 2 amide bonds. The van der Waals surface area contributed by atoms with Gasteiger partial charge in [0, 0.05) is 0 Å². The van der Waals surface area contributed by atoms with Gasteiger partial charge in [0.1, 0.15) is 13.2 Å². The highest BCUT2D eigenvalue weighted by molar-refractivity contribution is 5.77. The monoisotopic (exact) mass is 416 g/mol. The minimum Gasteiger partial charge on any atom is -0.481 e. The highest BCUT2D eigenvalue weighted by Gasteiger charge is 2.16. The van der Waals surface area contributed by atoms with Crippen molar-refractivity contribution in [2.75, 3.05) is 13.2 Å². The van der Waals surface area contributed by atoms with Crippen molar-refractivity contribution in [2.45, 2.75) is 104 Å². The second-order valence-corrected chi connectivity index (χ2v) is 7.57. The average Bonchev–Trinajstić information content (AvgIpc) is 2.65. The molecule has 0 unspecified atom stereocenters. The van der Waals surface area contributed by atoms with Crippen LogP contribution < -0.4 is 11.5 Å². The van der Waals surface area contributed by atoms with Crippen LogP contribution >= 0.6 is 0 Å². The van der Waals surface area contributed by atoms with E-state index in [1.807, 2.05) is 0 Å². The van der Waals surface area contributed by atoms with E-state index in [1.165, 1.54) is 64.2 Å². The van der Waals surface area contributed by atoms with Crippen molar-refractivity contribution >= 4 is 17.8 Å². The summed E-state index contributed by atoms with van der Waals surface area (Å²) in [5.41, 5.74) is 9.33. The van der Waals surface area contributed by atoms with Gasteiger partial charge in [-0.15, -0.1) is 0 Å². The Morgan fingerprint density at radius 3 is 1.34 bits per heavy atom. The fraction of sp³-hybridized carbons (Fsp3) is 0.864. The van der Waals surface area contributed by atoms with Gasteiger partial charge in [0.05, 0.1) is 5.92 Å². The van der Waals surface area contributed by atoms with Crippen LogP contribution in [0.3, 0.4) is 0 Å². The van der Waals surface area contributed by atoms with E-state index in [0.29, 0.717) is 0 Å². The number of hydrogen-bond donors (Lipinski definition) is 3. The van der Waals surface area contributed by atoms with Gasteiger partial charge in [-0.2, -0.15) is 0 Å². The Labute approximate surface area is 176 Å². The van der Waals surface area contributed by atoms with Crippen molar-refractivity contribution in [1.82, 2.24) is 0 Å². The molecule has 7 heteroatoms. The Balaban J connectivity index is 0. The summed E-state index contributed by atoms with van der Waals surface area (Å²) in [5, 5.41) is 9.25. The van der Waals surface area contributed by atoms with Crippen molar-refractivity contribution in [1.29, 1.82) is 0 Å². The number of ether oxygens (including phenoxy) is 1. The van der Waals surface area contributed by atoms with Gasteiger partial charge >= 0.3 is 5.97 Å². The van der Waals surface area contributed by atoms with E-state index in [4.69, 9.17) is 0 Å². The van der Waals surface area contributed by atoms with E-state index >= 15 is 0 Å². The van der Waals surface area contributed by atoms with Crippen molar-refractivity contribution in [2.24, 2.45) is 17.4 Å². The first-order valence-corrected chi connectivity index (χ1v) is 11.2. The lowest BCUT2D eigenvalue weighted by molar-refractivity contribution is -0.142. The van der Waals surface area contributed by atoms with Crippen molar-refractivity contribution < 1.29 is 24.2 Å². The normalized spacial score (nSPS) is 10.4. The van der Waals surface area contributed by atoms with Crippen molar-refractivity contribution in [3.63, 3.8) is 0 Å². The van der Waals surface area contributed by atoms with E-state index in [1.54, 1.807) is 0 Å². The summed E-state index contributed by atoms with van der Waals surface area (Å²) in [6.45, 7) is 3.92. The molecule has 0 aliphatic rings. The molecule has 0 saturated heterocycles. The van der Waals surface area contributed by atoms with Crippen LogP contribution in [0.4, 0.5) is 0 Å². The Kier molecular flexibility index (Phi) is 23.1. The number of unbranched alkanes of at least 4 members (excludes halogenated alkanes) is 10. The molecule has 0 fully saturated rings. The zero-order valence-corrected chi connectivity index (χ0v) is 18.6. The molecule has 0 spiro atoms. The van der Waals surface area contributed by atoms with E-state index in [9.17, 15) is 19.5 Å². The topological polar surface area (TPSA) is 133 Å². The lowest BCUT2D eigenvalue weighted by atomic mass is 9.94. The number of aliphatic carboxylic acids is 1. The number of primary amides is 2. The van der Waals surface area contributed by atoms with E-state index in [2.05, 4.69) is 30.1 Å². The fourth-order valence-corrected chi connectivity index (χ4v) is 2.99. The third kappa shape index (κ3) is 26.4. The lowest BCUT2D eigenvalue weighted by Gasteiger charge is -2.12. The predicted molar refractivity (Wildman–Crippen MR) is 116 cm³/mol. The largest absolute Gasteiger partial charge is 0.481 e. The molecule has 0 radical (unpaired) electrons. The standard InChI is InChI=1S/C18H36O2.C4H8N2O3/c1-3-5-7-9-11-13-15-17(18(19)20)16-14-12-10-8-6-4-2;5-3(7)1-9-2-4(6)8/h17H,3-16H2,1-2H3,(H,19,20);1-2H2,(H2,5,7)(H2,6,8). The summed E-state index contributed by atoms with van der Waals surface area (Å²) in [6.07, 6.45) is 16.7. The number of hydrogen-bond acceptors (Lipinski definition) is 4. The molecule has 0 atom stereocenters. The first-order chi connectivity index (χ1) is 13.8. The second kappa shape index (κ2) is 22.7. The number of carboxylic acids is 1. The SMILES string of the molecule is CCCCCCCCC(CCCCCCCC)C(=O)O.NC(=O)COCC(N)=O.